The number of nitrogens with zero attached hydrogens (tertiary/aromatic N) is 3. The summed E-state index contributed by atoms with van der Waals surface area (Å²) in [6, 6.07) is 11.7. The molecular weight excluding hydrogens is 326 g/mol. The average molecular weight is 351 g/mol. The second-order valence-electron chi connectivity index (χ2n) is 6.33. The van der Waals surface area contributed by atoms with Gasteiger partial charge < -0.3 is 10.6 Å². The van der Waals surface area contributed by atoms with E-state index in [4.69, 9.17) is 4.98 Å². The molecule has 0 spiro atoms. The van der Waals surface area contributed by atoms with Crippen LogP contribution >= 0.6 is 0 Å². The van der Waals surface area contributed by atoms with E-state index in [0.717, 1.165) is 47.5 Å². The van der Waals surface area contributed by atoms with E-state index in [0.29, 0.717) is 12.1 Å². The molecule has 3 rings (SSSR count). The van der Waals surface area contributed by atoms with Crippen molar-refractivity contribution in [1.82, 2.24) is 25.4 Å². The highest BCUT2D eigenvalue weighted by atomic mass is 16.1. The lowest BCUT2D eigenvalue weighted by Gasteiger charge is -2.10. The van der Waals surface area contributed by atoms with E-state index in [-0.39, 0.29) is 5.91 Å². The van der Waals surface area contributed by atoms with Gasteiger partial charge in [-0.1, -0.05) is 37.3 Å². The van der Waals surface area contributed by atoms with Crippen molar-refractivity contribution in [2.45, 2.75) is 20.3 Å². The lowest BCUT2D eigenvalue weighted by atomic mass is 10.0. The van der Waals surface area contributed by atoms with Crippen molar-refractivity contribution in [3.63, 3.8) is 0 Å². The Labute approximate surface area is 153 Å². The van der Waals surface area contributed by atoms with E-state index in [1.54, 1.807) is 4.68 Å². The van der Waals surface area contributed by atoms with Gasteiger partial charge in [0.25, 0.3) is 5.91 Å². The first-order chi connectivity index (χ1) is 12.6. The number of fused-ring (bicyclic) bond motifs is 1. The van der Waals surface area contributed by atoms with E-state index in [2.05, 4.69) is 22.7 Å². The molecule has 26 heavy (non-hydrogen) atoms. The Balaban J connectivity index is 1.96. The number of aryl methyl sites for hydroxylation is 2. The minimum Gasteiger partial charge on any atom is -0.351 e. The van der Waals surface area contributed by atoms with Crippen LogP contribution in [-0.2, 0) is 7.05 Å². The molecule has 0 aliphatic carbocycles. The third kappa shape index (κ3) is 3.75. The highest BCUT2D eigenvalue weighted by Crippen LogP contribution is 2.26. The van der Waals surface area contributed by atoms with Crippen molar-refractivity contribution in [2.24, 2.45) is 7.05 Å². The Kier molecular flexibility index (Phi) is 5.63. The molecule has 1 amide bonds. The molecule has 0 bridgehead atoms. The molecule has 2 heterocycles. The summed E-state index contributed by atoms with van der Waals surface area (Å²) in [6.07, 6.45) is 1.08. The largest absolute Gasteiger partial charge is 0.351 e. The number of pyridine rings is 1. The molecule has 0 unspecified atom stereocenters. The number of nitrogens with one attached hydrogen (secondary N) is 2. The van der Waals surface area contributed by atoms with Crippen molar-refractivity contribution in [3.8, 4) is 11.3 Å². The highest BCUT2D eigenvalue weighted by molar-refractivity contribution is 6.07. The van der Waals surface area contributed by atoms with Gasteiger partial charge in [0.2, 0.25) is 0 Å². The Bertz CT molecular complexity index is 901. The highest BCUT2D eigenvalue weighted by Gasteiger charge is 2.18. The maximum Gasteiger partial charge on any atom is 0.252 e. The van der Waals surface area contributed by atoms with Crippen molar-refractivity contribution in [1.29, 1.82) is 0 Å². The van der Waals surface area contributed by atoms with E-state index in [9.17, 15) is 4.79 Å². The van der Waals surface area contributed by atoms with E-state index in [1.165, 1.54) is 0 Å². The minimum atomic E-state index is -0.0935. The topological polar surface area (TPSA) is 71.8 Å². The number of carbonyl (C=O) groups excluding carboxylic acids is 1. The van der Waals surface area contributed by atoms with Gasteiger partial charge in [-0.3, -0.25) is 9.48 Å². The fraction of sp³-hybridized carbons (Fsp3) is 0.350. The van der Waals surface area contributed by atoms with E-state index in [1.807, 2.05) is 50.4 Å². The Morgan fingerprint density at radius 2 is 1.92 bits per heavy atom. The van der Waals surface area contributed by atoms with Gasteiger partial charge in [0.05, 0.1) is 22.3 Å². The van der Waals surface area contributed by atoms with Gasteiger partial charge in [-0.15, -0.1) is 0 Å². The second kappa shape index (κ2) is 8.10. The molecular formula is C20H25N5O. The third-order valence-electron chi connectivity index (χ3n) is 4.30. The summed E-state index contributed by atoms with van der Waals surface area (Å²) < 4.78 is 1.73. The maximum atomic E-state index is 12.8. The predicted molar refractivity (Wildman–Crippen MR) is 104 cm³/mol. The van der Waals surface area contributed by atoms with Crippen molar-refractivity contribution < 1.29 is 4.79 Å². The summed E-state index contributed by atoms with van der Waals surface area (Å²) in [6.45, 7) is 6.32. The van der Waals surface area contributed by atoms with Crippen LogP contribution in [0.1, 0.15) is 29.4 Å². The molecule has 1 aromatic carbocycles. The van der Waals surface area contributed by atoms with Crippen LogP contribution in [0.2, 0.25) is 0 Å². The molecule has 0 fully saturated rings. The van der Waals surface area contributed by atoms with Gasteiger partial charge in [-0.05, 0) is 26.0 Å². The third-order valence-corrected chi connectivity index (χ3v) is 4.30. The molecule has 6 heteroatoms. The number of carbonyl (C=O) groups is 1. The van der Waals surface area contributed by atoms with Crippen LogP contribution in [0.15, 0.2) is 36.4 Å². The zero-order valence-corrected chi connectivity index (χ0v) is 15.5. The number of benzene rings is 1. The van der Waals surface area contributed by atoms with Crippen molar-refractivity contribution in [2.75, 3.05) is 19.6 Å². The summed E-state index contributed by atoms with van der Waals surface area (Å²) in [5.41, 5.74) is 3.90. The summed E-state index contributed by atoms with van der Waals surface area (Å²) in [4.78, 5) is 17.6. The molecule has 6 nitrogen and oxygen atoms in total. The van der Waals surface area contributed by atoms with Gasteiger partial charge in [0, 0.05) is 25.7 Å². The van der Waals surface area contributed by atoms with Crippen molar-refractivity contribution >= 4 is 16.9 Å². The summed E-state index contributed by atoms with van der Waals surface area (Å²) in [7, 11) is 1.85. The molecule has 0 radical (unpaired) electrons. The van der Waals surface area contributed by atoms with Gasteiger partial charge >= 0.3 is 0 Å². The van der Waals surface area contributed by atoms with Crippen LogP contribution in [0.4, 0.5) is 0 Å². The smallest absolute Gasteiger partial charge is 0.252 e. The predicted octanol–water partition coefficient (Wildman–Crippen LogP) is 2.67. The monoisotopic (exact) mass is 351 g/mol. The lowest BCUT2D eigenvalue weighted by Crippen LogP contribution is -2.32. The summed E-state index contributed by atoms with van der Waals surface area (Å²) in [5, 5.41) is 11.5. The molecule has 3 aromatic rings. The fourth-order valence-electron chi connectivity index (χ4n) is 3.04. The second-order valence-corrected chi connectivity index (χ2v) is 6.33. The van der Waals surface area contributed by atoms with Gasteiger partial charge in [-0.2, -0.15) is 5.10 Å². The van der Waals surface area contributed by atoms with Crippen LogP contribution in [-0.4, -0.2) is 40.3 Å². The van der Waals surface area contributed by atoms with Crippen LogP contribution in [0.5, 0.6) is 0 Å². The molecule has 136 valence electrons. The van der Waals surface area contributed by atoms with Crippen LogP contribution in [0.25, 0.3) is 22.3 Å². The fourth-order valence-corrected chi connectivity index (χ4v) is 3.04. The summed E-state index contributed by atoms with van der Waals surface area (Å²) >= 11 is 0. The van der Waals surface area contributed by atoms with E-state index >= 15 is 0 Å². The number of hydrogen-bond donors (Lipinski definition) is 2. The van der Waals surface area contributed by atoms with Crippen LogP contribution < -0.4 is 10.6 Å². The number of hydrogen-bond acceptors (Lipinski definition) is 4. The molecule has 0 atom stereocenters. The molecule has 0 saturated heterocycles. The normalized spacial score (nSPS) is 11.0. The van der Waals surface area contributed by atoms with Gasteiger partial charge in [0.15, 0.2) is 5.65 Å². The van der Waals surface area contributed by atoms with Gasteiger partial charge in [0.1, 0.15) is 0 Å². The number of rotatable bonds is 7. The average Bonchev–Trinajstić information content (AvgIpc) is 2.95. The zero-order valence-electron chi connectivity index (χ0n) is 15.5. The first kappa shape index (κ1) is 18.1. The minimum absolute atomic E-state index is 0.0935. The Morgan fingerprint density at radius 1 is 1.15 bits per heavy atom. The molecule has 0 aliphatic heterocycles. The van der Waals surface area contributed by atoms with Crippen LogP contribution in [0.3, 0.4) is 0 Å². The molecule has 0 saturated carbocycles. The lowest BCUT2D eigenvalue weighted by molar-refractivity contribution is 0.0955. The summed E-state index contributed by atoms with van der Waals surface area (Å²) in [5.74, 6) is -0.0935. The standard InChI is InChI=1S/C20H25N5O/c1-4-10-21-11-12-22-20(26)16-13-17(15-8-6-5-7-9-15)23-19-18(16)14(2)24-25(19)3/h5-9,13,21H,4,10-12H2,1-3H3,(H,22,26). The molecule has 2 aromatic heterocycles. The SMILES string of the molecule is CCCNCCNC(=O)c1cc(-c2ccccc2)nc2c1c(C)nn2C. The molecule has 2 N–H and O–H groups in total. The number of amides is 1. The Morgan fingerprint density at radius 3 is 2.65 bits per heavy atom. The maximum absolute atomic E-state index is 12.8. The Hall–Kier alpha value is -2.73. The van der Waals surface area contributed by atoms with Crippen molar-refractivity contribution in [3.05, 3.63) is 47.7 Å². The van der Waals surface area contributed by atoms with Gasteiger partial charge in [-0.25, -0.2) is 4.98 Å². The zero-order chi connectivity index (χ0) is 18.5. The van der Waals surface area contributed by atoms with Crippen LogP contribution in [0, 0.1) is 6.92 Å². The van der Waals surface area contributed by atoms with E-state index < -0.39 is 0 Å². The quantitative estimate of drug-likeness (QED) is 0.642. The first-order valence-electron chi connectivity index (χ1n) is 9.00. The molecule has 0 aliphatic rings. The first-order valence-corrected chi connectivity index (χ1v) is 9.00. The number of aromatic nitrogens is 3.